The van der Waals surface area contributed by atoms with Crippen LogP contribution in [0.25, 0.3) is 0 Å². The van der Waals surface area contributed by atoms with Crippen molar-refractivity contribution in [1.29, 1.82) is 0 Å². The van der Waals surface area contributed by atoms with Gasteiger partial charge in [-0.25, -0.2) is 0 Å². The molecular formula is C21H32O5. The molecule has 0 unspecified atom stereocenters. The lowest BCUT2D eigenvalue weighted by Gasteiger charge is -2.40. The molecule has 1 aliphatic heterocycles. The molecule has 0 aromatic rings. The molecule has 0 bridgehead atoms. The summed E-state index contributed by atoms with van der Waals surface area (Å²) in [6.45, 7) is 8.40. The van der Waals surface area contributed by atoms with Gasteiger partial charge >= 0.3 is 0 Å². The number of Topliss-reactive ketones (excluding diaryl/α,β-unsaturated/α-hetero) is 1. The first-order valence-electron chi connectivity index (χ1n) is 9.93. The lowest BCUT2D eigenvalue weighted by atomic mass is 9.64. The first kappa shape index (κ1) is 18.6. The second-order valence-corrected chi connectivity index (χ2v) is 9.62. The van der Waals surface area contributed by atoms with Crippen molar-refractivity contribution in [2.75, 3.05) is 13.7 Å². The van der Waals surface area contributed by atoms with Gasteiger partial charge < -0.3 is 19.7 Å². The van der Waals surface area contributed by atoms with Crippen LogP contribution < -0.4 is 0 Å². The highest BCUT2D eigenvalue weighted by molar-refractivity contribution is 5.94. The molecule has 5 nitrogen and oxygen atoms in total. The Kier molecular flexibility index (Phi) is 3.87. The lowest BCUT2D eigenvalue weighted by Crippen LogP contribution is -2.47. The number of ketones is 1. The van der Waals surface area contributed by atoms with Gasteiger partial charge in [0.05, 0.1) is 18.1 Å². The summed E-state index contributed by atoms with van der Waals surface area (Å²) in [5.74, 6) is 0.443. The van der Waals surface area contributed by atoms with E-state index in [0.717, 1.165) is 12.0 Å². The molecule has 2 saturated carbocycles. The van der Waals surface area contributed by atoms with Gasteiger partial charge in [0, 0.05) is 20.0 Å². The van der Waals surface area contributed by atoms with E-state index < -0.39 is 28.3 Å². The summed E-state index contributed by atoms with van der Waals surface area (Å²) < 4.78 is 11.7. The van der Waals surface area contributed by atoms with E-state index in [1.54, 1.807) is 7.11 Å². The molecule has 7 atom stereocenters. The molecular weight excluding hydrogens is 332 g/mol. The number of rotatable bonds is 3. The second-order valence-electron chi connectivity index (χ2n) is 9.62. The molecule has 5 heteroatoms. The van der Waals surface area contributed by atoms with Crippen LogP contribution in [-0.2, 0) is 14.3 Å². The Morgan fingerprint density at radius 3 is 2.73 bits per heavy atom. The largest absolute Gasteiger partial charge is 0.393 e. The maximum absolute atomic E-state index is 13.2. The van der Waals surface area contributed by atoms with E-state index in [4.69, 9.17) is 9.47 Å². The molecule has 1 spiro atoms. The molecule has 146 valence electrons. The fourth-order valence-corrected chi connectivity index (χ4v) is 6.35. The molecule has 0 amide bonds. The Morgan fingerprint density at radius 1 is 1.42 bits per heavy atom. The van der Waals surface area contributed by atoms with Gasteiger partial charge in [-0.1, -0.05) is 26.8 Å². The van der Waals surface area contributed by atoms with Crippen molar-refractivity contribution in [3.05, 3.63) is 11.6 Å². The number of methoxy groups -OCH3 is 1. The molecule has 4 aliphatic rings. The zero-order valence-electron chi connectivity index (χ0n) is 16.5. The summed E-state index contributed by atoms with van der Waals surface area (Å²) in [5.41, 5.74) is -2.14. The smallest absolute Gasteiger partial charge is 0.148 e. The Balaban J connectivity index is 1.89. The van der Waals surface area contributed by atoms with Crippen LogP contribution in [0.1, 0.15) is 53.4 Å². The van der Waals surface area contributed by atoms with Crippen molar-refractivity contribution in [2.45, 2.75) is 76.3 Å². The average Bonchev–Trinajstić information content (AvgIpc) is 3.05. The van der Waals surface area contributed by atoms with Crippen molar-refractivity contribution >= 4 is 5.78 Å². The first-order valence-corrected chi connectivity index (χ1v) is 9.93. The molecule has 0 aromatic heterocycles. The summed E-state index contributed by atoms with van der Waals surface area (Å²) in [6, 6.07) is 0. The Morgan fingerprint density at radius 2 is 2.12 bits per heavy atom. The maximum Gasteiger partial charge on any atom is 0.148 e. The van der Waals surface area contributed by atoms with E-state index in [9.17, 15) is 15.0 Å². The normalized spacial score (nSPS) is 52.8. The molecule has 1 heterocycles. The standard InChI is InChI=1S/C21H32O5/c1-12(2)20-10-17(23)18(4)8-15-14(6-7-19(15,24)11-25-5)13(3)16(22)9-21(18,20)26-20/h8,12-14,16,22,24H,6-7,9-11H2,1-5H3/t13-,14+,16+,18+,19+,20-,21-/m1/s1. The van der Waals surface area contributed by atoms with Crippen LogP contribution in [0.2, 0.25) is 0 Å². The van der Waals surface area contributed by atoms with Gasteiger partial charge in [-0.2, -0.15) is 0 Å². The van der Waals surface area contributed by atoms with E-state index in [0.29, 0.717) is 19.3 Å². The molecule has 3 fully saturated rings. The van der Waals surface area contributed by atoms with Crippen LogP contribution in [0.3, 0.4) is 0 Å². The number of ether oxygens (including phenoxy) is 2. The fourth-order valence-electron chi connectivity index (χ4n) is 6.35. The van der Waals surface area contributed by atoms with Gasteiger partial charge in [-0.15, -0.1) is 0 Å². The molecule has 0 radical (unpaired) electrons. The van der Waals surface area contributed by atoms with Gasteiger partial charge in [-0.05, 0) is 43.1 Å². The lowest BCUT2D eigenvalue weighted by molar-refractivity contribution is -0.129. The second kappa shape index (κ2) is 5.40. The third-order valence-corrected chi connectivity index (χ3v) is 8.14. The maximum atomic E-state index is 13.2. The Bertz CT molecular complexity index is 671. The van der Waals surface area contributed by atoms with E-state index in [1.165, 1.54) is 0 Å². The monoisotopic (exact) mass is 364 g/mol. The van der Waals surface area contributed by atoms with Crippen molar-refractivity contribution in [3.8, 4) is 0 Å². The highest BCUT2D eigenvalue weighted by Crippen LogP contribution is 2.73. The van der Waals surface area contributed by atoms with Gasteiger partial charge in [-0.3, -0.25) is 4.79 Å². The molecule has 0 aromatic carbocycles. The highest BCUT2D eigenvalue weighted by atomic mass is 16.6. The van der Waals surface area contributed by atoms with Crippen LogP contribution in [-0.4, -0.2) is 52.6 Å². The summed E-state index contributed by atoms with van der Waals surface area (Å²) in [7, 11) is 1.59. The molecule has 3 aliphatic carbocycles. The molecule has 2 N–H and O–H groups in total. The predicted octanol–water partition coefficient (Wildman–Crippen LogP) is 2.24. The third-order valence-electron chi connectivity index (χ3n) is 8.14. The zero-order chi connectivity index (χ0) is 19.1. The Hall–Kier alpha value is -0.750. The minimum atomic E-state index is -1.06. The number of aliphatic hydroxyl groups is 2. The average molecular weight is 364 g/mol. The number of fused-ring (bicyclic) bond motifs is 1. The van der Waals surface area contributed by atoms with E-state index in [1.807, 2.05) is 13.0 Å². The van der Waals surface area contributed by atoms with Crippen LogP contribution >= 0.6 is 0 Å². The van der Waals surface area contributed by atoms with E-state index in [-0.39, 0.29) is 30.1 Å². The highest BCUT2D eigenvalue weighted by Gasteiger charge is 2.85. The first-order chi connectivity index (χ1) is 12.1. The summed E-state index contributed by atoms with van der Waals surface area (Å²) >= 11 is 0. The molecule has 26 heavy (non-hydrogen) atoms. The van der Waals surface area contributed by atoms with Crippen LogP contribution in [0.4, 0.5) is 0 Å². The van der Waals surface area contributed by atoms with Gasteiger partial charge in [0.2, 0.25) is 0 Å². The van der Waals surface area contributed by atoms with Crippen LogP contribution in [0.15, 0.2) is 11.6 Å². The number of epoxide rings is 1. The Labute approximate surface area is 155 Å². The quantitative estimate of drug-likeness (QED) is 0.593. The number of carbonyl (C=O) groups excluding carboxylic acids is 1. The predicted molar refractivity (Wildman–Crippen MR) is 96.5 cm³/mol. The van der Waals surface area contributed by atoms with Gasteiger partial charge in [0.15, 0.2) is 0 Å². The van der Waals surface area contributed by atoms with Crippen molar-refractivity contribution in [3.63, 3.8) is 0 Å². The number of carbonyl (C=O) groups is 1. The topological polar surface area (TPSA) is 79.3 Å². The molecule has 1 saturated heterocycles. The third kappa shape index (κ3) is 1.98. The number of aliphatic hydroxyl groups excluding tert-OH is 1. The molecule has 4 rings (SSSR count). The zero-order valence-corrected chi connectivity index (χ0v) is 16.5. The fraction of sp³-hybridized carbons (Fsp3) is 0.857. The van der Waals surface area contributed by atoms with Crippen LogP contribution in [0.5, 0.6) is 0 Å². The number of hydrogen-bond acceptors (Lipinski definition) is 5. The summed E-state index contributed by atoms with van der Waals surface area (Å²) in [6.07, 6.45) is 3.74. The summed E-state index contributed by atoms with van der Waals surface area (Å²) in [5, 5.41) is 22.3. The van der Waals surface area contributed by atoms with Crippen molar-refractivity contribution in [2.24, 2.45) is 23.2 Å². The summed E-state index contributed by atoms with van der Waals surface area (Å²) in [4.78, 5) is 13.2. The van der Waals surface area contributed by atoms with E-state index in [2.05, 4.69) is 20.8 Å². The SMILES string of the molecule is COC[C@@]1(O)CC[C@@H]2C1=C[C@@]1(C)C(=O)C[C@]3(C(C)C)O[C@]13C[C@H](O)[C@@H]2C. The van der Waals surface area contributed by atoms with E-state index >= 15 is 0 Å². The minimum Gasteiger partial charge on any atom is -0.393 e. The minimum absolute atomic E-state index is 0.0100. The number of hydrogen-bond donors (Lipinski definition) is 2. The van der Waals surface area contributed by atoms with Gasteiger partial charge in [0.1, 0.15) is 22.6 Å². The van der Waals surface area contributed by atoms with Gasteiger partial charge in [0.25, 0.3) is 0 Å². The van der Waals surface area contributed by atoms with Crippen molar-refractivity contribution in [1.82, 2.24) is 0 Å². The van der Waals surface area contributed by atoms with Crippen molar-refractivity contribution < 1.29 is 24.5 Å². The van der Waals surface area contributed by atoms with Crippen LogP contribution in [0, 0.1) is 23.2 Å².